The van der Waals surface area contributed by atoms with Crippen LogP contribution in [-0.4, -0.2) is 25.9 Å². The van der Waals surface area contributed by atoms with E-state index in [1.54, 1.807) is 25.5 Å². The topological polar surface area (TPSA) is 59.8 Å². The molecule has 0 aliphatic carbocycles. The molecule has 10 heteroatoms. The number of alkyl halides is 3. The van der Waals surface area contributed by atoms with Crippen molar-refractivity contribution in [3.05, 3.63) is 34.6 Å². The van der Waals surface area contributed by atoms with Crippen molar-refractivity contribution in [1.82, 2.24) is 14.8 Å². The molecular formula is C14H14ClF3N4OS. The van der Waals surface area contributed by atoms with Gasteiger partial charge in [-0.3, -0.25) is 4.79 Å². The van der Waals surface area contributed by atoms with Gasteiger partial charge in [0.1, 0.15) is 5.82 Å². The molecule has 0 spiro atoms. The zero-order chi connectivity index (χ0) is 18.1. The summed E-state index contributed by atoms with van der Waals surface area (Å²) in [5.41, 5.74) is -1.33. The Labute approximate surface area is 145 Å². The van der Waals surface area contributed by atoms with Crippen LogP contribution in [-0.2, 0) is 18.0 Å². The minimum Gasteiger partial charge on any atom is -0.325 e. The van der Waals surface area contributed by atoms with Crippen LogP contribution in [0.25, 0.3) is 0 Å². The predicted octanol–water partition coefficient (Wildman–Crippen LogP) is 3.92. The number of nitrogens with one attached hydrogen (secondary N) is 1. The second kappa shape index (κ2) is 7.02. The number of halogens is 4. The highest BCUT2D eigenvalue weighted by Gasteiger charge is 2.34. The van der Waals surface area contributed by atoms with E-state index in [0.29, 0.717) is 11.0 Å². The quantitative estimate of drug-likeness (QED) is 0.819. The number of rotatable bonds is 4. The van der Waals surface area contributed by atoms with E-state index in [9.17, 15) is 18.0 Å². The number of thioether (sulfide) groups is 1. The summed E-state index contributed by atoms with van der Waals surface area (Å²) in [6, 6.07) is 3.20. The molecule has 5 nitrogen and oxygen atoms in total. The van der Waals surface area contributed by atoms with Crippen LogP contribution in [0.4, 0.5) is 18.9 Å². The highest BCUT2D eigenvalue weighted by Crippen LogP contribution is 2.36. The van der Waals surface area contributed by atoms with E-state index >= 15 is 0 Å². The fourth-order valence-electron chi connectivity index (χ4n) is 1.80. The molecule has 1 aromatic heterocycles. The van der Waals surface area contributed by atoms with E-state index in [4.69, 9.17) is 11.6 Å². The van der Waals surface area contributed by atoms with Gasteiger partial charge in [0.2, 0.25) is 5.91 Å². The summed E-state index contributed by atoms with van der Waals surface area (Å²) in [6.07, 6.45) is -4.62. The van der Waals surface area contributed by atoms with E-state index < -0.39 is 22.9 Å². The van der Waals surface area contributed by atoms with Gasteiger partial charge in [0.25, 0.3) is 0 Å². The summed E-state index contributed by atoms with van der Waals surface area (Å²) in [5, 5.41) is 9.85. The molecule has 1 heterocycles. The zero-order valence-electron chi connectivity index (χ0n) is 13.0. The number of amides is 1. The zero-order valence-corrected chi connectivity index (χ0v) is 14.6. The van der Waals surface area contributed by atoms with Crippen LogP contribution >= 0.6 is 23.4 Å². The molecular weight excluding hydrogens is 365 g/mol. The Hall–Kier alpha value is -1.74. The molecule has 0 unspecified atom stereocenters. The lowest BCUT2D eigenvalue weighted by molar-refractivity contribution is -0.137. The number of benzene rings is 1. The third kappa shape index (κ3) is 4.21. The maximum Gasteiger partial charge on any atom is 0.418 e. The molecule has 2 rings (SSSR count). The van der Waals surface area contributed by atoms with Gasteiger partial charge >= 0.3 is 6.18 Å². The lowest BCUT2D eigenvalue weighted by Crippen LogP contribution is -2.24. The van der Waals surface area contributed by atoms with Crippen LogP contribution in [0.5, 0.6) is 0 Å². The van der Waals surface area contributed by atoms with Gasteiger partial charge in [-0.05, 0) is 32.0 Å². The van der Waals surface area contributed by atoms with Crippen molar-refractivity contribution < 1.29 is 18.0 Å². The van der Waals surface area contributed by atoms with Crippen molar-refractivity contribution in [3.8, 4) is 0 Å². The first-order valence-corrected chi connectivity index (χ1v) is 8.05. The highest BCUT2D eigenvalue weighted by atomic mass is 35.5. The average Bonchev–Trinajstić information content (AvgIpc) is 2.80. The minimum atomic E-state index is -4.62. The second-order valence-corrected chi connectivity index (χ2v) is 6.77. The van der Waals surface area contributed by atoms with Gasteiger partial charge in [0.15, 0.2) is 5.16 Å². The summed E-state index contributed by atoms with van der Waals surface area (Å²) < 4.78 is 40.8. The fourth-order valence-corrected chi connectivity index (χ4v) is 2.83. The third-order valence-corrected chi connectivity index (χ3v) is 4.62. The first-order chi connectivity index (χ1) is 11.1. The van der Waals surface area contributed by atoms with Gasteiger partial charge in [0.05, 0.1) is 16.5 Å². The largest absolute Gasteiger partial charge is 0.418 e. The molecule has 0 radical (unpaired) electrons. The molecule has 1 N–H and O–H groups in total. The van der Waals surface area contributed by atoms with E-state index in [2.05, 4.69) is 15.5 Å². The lowest BCUT2D eigenvalue weighted by Gasteiger charge is -2.16. The molecule has 0 aliphatic heterocycles. The van der Waals surface area contributed by atoms with Crippen molar-refractivity contribution >= 4 is 35.0 Å². The number of aryl methyl sites for hydroxylation is 1. The number of hydrogen-bond donors (Lipinski definition) is 1. The third-order valence-electron chi connectivity index (χ3n) is 3.25. The maximum absolute atomic E-state index is 13.0. The van der Waals surface area contributed by atoms with Crippen molar-refractivity contribution in [1.29, 1.82) is 0 Å². The van der Waals surface area contributed by atoms with E-state index in [0.717, 1.165) is 23.9 Å². The molecule has 0 aliphatic rings. The number of carbonyl (C=O) groups excluding carboxylic acids is 1. The second-order valence-electron chi connectivity index (χ2n) is 5.03. The standard InChI is InChI=1S/C14H14ClF3N4OS/c1-7(24-13-21-20-8(2)22(13)3)12(23)19-11-5-4-9(15)6-10(11)14(16,17)18/h4-7H,1-3H3,(H,19,23)/t7-/m0/s1. The molecule has 1 atom stereocenters. The molecule has 0 bridgehead atoms. The molecule has 0 saturated heterocycles. The maximum atomic E-state index is 13.0. The van der Waals surface area contributed by atoms with Gasteiger partial charge < -0.3 is 9.88 Å². The van der Waals surface area contributed by atoms with E-state index in [1.165, 1.54) is 6.07 Å². The summed E-state index contributed by atoms with van der Waals surface area (Å²) in [7, 11) is 1.74. The van der Waals surface area contributed by atoms with Crippen LogP contribution in [0.2, 0.25) is 5.02 Å². The lowest BCUT2D eigenvalue weighted by atomic mass is 10.1. The highest BCUT2D eigenvalue weighted by molar-refractivity contribution is 8.00. The van der Waals surface area contributed by atoms with Crippen molar-refractivity contribution in [2.45, 2.75) is 30.4 Å². The smallest absolute Gasteiger partial charge is 0.325 e. The van der Waals surface area contributed by atoms with Gasteiger partial charge in [-0.25, -0.2) is 0 Å². The Balaban J connectivity index is 2.16. The molecule has 24 heavy (non-hydrogen) atoms. The van der Waals surface area contributed by atoms with Gasteiger partial charge in [0, 0.05) is 12.1 Å². The van der Waals surface area contributed by atoms with E-state index in [1.807, 2.05) is 0 Å². The number of aromatic nitrogens is 3. The fraction of sp³-hybridized carbons (Fsp3) is 0.357. The number of carbonyl (C=O) groups is 1. The Morgan fingerprint density at radius 3 is 2.58 bits per heavy atom. The summed E-state index contributed by atoms with van der Waals surface area (Å²) >= 11 is 6.72. The number of hydrogen-bond acceptors (Lipinski definition) is 4. The average molecular weight is 379 g/mol. The molecule has 1 amide bonds. The Kier molecular flexibility index (Phi) is 5.44. The van der Waals surface area contributed by atoms with Crippen LogP contribution in [0, 0.1) is 6.92 Å². The van der Waals surface area contributed by atoms with Crippen molar-refractivity contribution in [2.75, 3.05) is 5.32 Å². The van der Waals surface area contributed by atoms with Crippen LogP contribution in [0.3, 0.4) is 0 Å². The summed E-state index contributed by atoms with van der Waals surface area (Å²) in [5.74, 6) is 0.0932. The molecule has 1 aromatic carbocycles. The minimum absolute atomic E-state index is 0.0580. The summed E-state index contributed by atoms with van der Waals surface area (Å²) in [4.78, 5) is 12.2. The number of anilines is 1. The molecule has 0 saturated carbocycles. The Bertz CT molecular complexity index is 763. The first-order valence-electron chi connectivity index (χ1n) is 6.80. The van der Waals surface area contributed by atoms with Gasteiger partial charge in [-0.15, -0.1) is 10.2 Å². The Morgan fingerprint density at radius 1 is 1.38 bits per heavy atom. The molecule has 0 fully saturated rings. The number of nitrogens with zero attached hydrogens (tertiary/aromatic N) is 3. The Morgan fingerprint density at radius 2 is 2.04 bits per heavy atom. The SMILES string of the molecule is Cc1nnc(S[C@@H](C)C(=O)Nc2ccc(Cl)cc2C(F)(F)F)n1C. The van der Waals surface area contributed by atoms with Gasteiger partial charge in [-0.1, -0.05) is 23.4 Å². The molecule has 130 valence electrons. The monoisotopic (exact) mass is 378 g/mol. The van der Waals surface area contributed by atoms with Gasteiger partial charge in [-0.2, -0.15) is 13.2 Å². The van der Waals surface area contributed by atoms with Crippen molar-refractivity contribution in [2.24, 2.45) is 7.05 Å². The normalized spacial score (nSPS) is 13.0. The van der Waals surface area contributed by atoms with Crippen LogP contribution in [0.15, 0.2) is 23.4 Å². The first kappa shape index (κ1) is 18.6. The molecule has 2 aromatic rings. The van der Waals surface area contributed by atoms with Crippen LogP contribution < -0.4 is 5.32 Å². The van der Waals surface area contributed by atoms with Crippen molar-refractivity contribution in [3.63, 3.8) is 0 Å². The summed E-state index contributed by atoms with van der Waals surface area (Å²) in [6.45, 7) is 3.33. The predicted molar refractivity (Wildman–Crippen MR) is 86.1 cm³/mol. The van der Waals surface area contributed by atoms with Crippen LogP contribution in [0.1, 0.15) is 18.3 Å². The van der Waals surface area contributed by atoms with E-state index in [-0.39, 0.29) is 10.7 Å².